The molecule has 1 aromatic rings. The highest BCUT2D eigenvalue weighted by Gasteiger charge is 2.46. The maximum Gasteiger partial charge on any atom is 0.230 e. The Labute approximate surface area is 253 Å². The second kappa shape index (κ2) is 12.6. The first kappa shape index (κ1) is 34.0. The van der Waals surface area contributed by atoms with Crippen molar-refractivity contribution in [3.8, 4) is 0 Å². The molecule has 3 heterocycles. The van der Waals surface area contributed by atoms with Crippen molar-refractivity contribution in [1.29, 1.82) is 0 Å². The molecule has 0 saturated carbocycles. The highest BCUT2D eigenvalue weighted by atomic mass is 15.4. The third kappa shape index (κ3) is 8.11. The van der Waals surface area contributed by atoms with Crippen LogP contribution in [-0.4, -0.2) is 112 Å². The summed E-state index contributed by atoms with van der Waals surface area (Å²) in [5.74, 6) is 2.38. The van der Waals surface area contributed by atoms with Crippen LogP contribution in [0.2, 0.25) is 0 Å². The van der Waals surface area contributed by atoms with Gasteiger partial charge in [-0.05, 0) is 129 Å². The number of rotatable bonds is 11. The molecule has 0 radical (unpaired) electrons. The van der Waals surface area contributed by atoms with E-state index in [0.29, 0.717) is 12.1 Å². The molecule has 2 saturated heterocycles. The lowest BCUT2D eigenvalue weighted by Gasteiger charge is -2.55. The molecule has 2 fully saturated rings. The van der Waals surface area contributed by atoms with E-state index >= 15 is 0 Å². The third-order valence-corrected chi connectivity index (χ3v) is 10.7. The zero-order valence-corrected chi connectivity index (χ0v) is 29.3. The van der Waals surface area contributed by atoms with Crippen molar-refractivity contribution in [2.45, 2.75) is 148 Å². The summed E-state index contributed by atoms with van der Waals surface area (Å²) in [5.41, 5.74) is 0.694. The van der Waals surface area contributed by atoms with Crippen LogP contribution in [0.15, 0.2) is 0 Å². The minimum Gasteiger partial charge on any atom is -0.347 e. The van der Waals surface area contributed by atoms with Crippen molar-refractivity contribution in [2.75, 3.05) is 58.1 Å². The summed E-state index contributed by atoms with van der Waals surface area (Å²) in [6.07, 6.45) is 9.59. The quantitative estimate of drug-likeness (QED) is 0.306. The van der Waals surface area contributed by atoms with Crippen LogP contribution in [0, 0.1) is 6.92 Å². The summed E-state index contributed by atoms with van der Waals surface area (Å²) in [6.45, 7) is 23.3. The Morgan fingerprint density at radius 1 is 0.610 bits per heavy atom. The summed E-state index contributed by atoms with van der Waals surface area (Å²) < 4.78 is 0. The molecule has 8 nitrogen and oxygen atoms in total. The smallest absolute Gasteiger partial charge is 0.230 e. The van der Waals surface area contributed by atoms with Gasteiger partial charge in [0.05, 0.1) is 0 Å². The number of piperidine rings is 2. The number of unbranched alkanes of at least 4 members (excludes halogenated alkanes) is 3. The fourth-order valence-electron chi connectivity index (χ4n) is 7.58. The molecule has 2 aliphatic heterocycles. The molecule has 2 aliphatic rings. The topological polar surface area (TPSA) is 54.9 Å². The molecular weight excluding hydrogens is 508 g/mol. The van der Waals surface area contributed by atoms with Crippen LogP contribution in [-0.2, 0) is 0 Å². The maximum absolute atomic E-state index is 4.95. The largest absolute Gasteiger partial charge is 0.347 e. The summed E-state index contributed by atoms with van der Waals surface area (Å²) >= 11 is 0. The molecule has 0 unspecified atom stereocenters. The molecular formula is C33H64N8. The highest BCUT2D eigenvalue weighted by molar-refractivity contribution is 5.39. The van der Waals surface area contributed by atoms with E-state index in [1.807, 2.05) is 25.9 Å². The Morgan fingerprint density at radius 3 is 1.49 bits per heavy atom. The van der Waals surface area contributed by atoms with E-state index < -0.39 is 0 Å². The number of anilines is 2. The van der Waals surface area contributed by atoms with Crippen LogP contribution in [0.3, 0.4) is 0 Å². The molecule has 41 heavy (non-hydrogen) atoms. The molecule has 0 bridgehead atoms. The lowest BCUT2D eigenvalue weighted by molar-refractivity contribution is -0.0426. The number of likely N-dealkylation sites (tertiary alicyclic amines) is 2. The number of aryl methyl sites for hydroxylation is 1. The molecule has 3 rings (SSSR count). The molecule has 1 aromatic heterocycles. The zero-order valence-electron chi connectivity index (χ0n) is 29.3. The SMILES string of the molecule is Cc1nc(N(C)C)nc(N(CCCCCCN(C)C2CC(C)(C)N(C)C(C)(C)C2)C2CC(C)(C)N(C)C(C)(C)C2)n1. The van der Waals surface area contributed by atoms with Gasteiger partial charge in [0, 0.05) is 54.9 Å². The van der Waals surface area contributed by atoms with Gasteiger partial charge in [0.25, 0.3) is 0 Å². The van der Waals surface area contributed by atoms with E-state index in [-0.39, 0.29) is 22.2 Å². The van der Waals surface area contributed by atoms with Crippen molar-refractivity contribution >= 4 is 11.9 Å². The van der Waals surface area contributed by atoms with Gasteiger partial charge in [-0.1, -0.05) is 12.8 Å². The first-order valence-corrected chi connectivity index (χ1v) is 16.1. The summed E-state index contributed by atoms with van der Waals surface area (Å²) in [5, 5.41) is 0. The van der Waals surface area contributed by atoms with E-state index in [2.05, 4.69) is 101 Å². The normalized spacial score (nSPS) is 23.2. The highest BCUT2D eigenvalue weighted by Crippen LogP contribution is 2.40. The molecule has 0 amide bonds. The van der Waals surface area contributed by atoms with Crippen LogP contribution in [0.5, 0.6) is 0 Å². The van der Waals surface area contributed by atoms with Crippen LogP contribution in [0.1, 0.15) is 113 Å². The molecule has 0 aliphatic carbocycles. The van der Waals surface area contributed by atoms with Crippen LogP contribution in [0.25, 0.3) is 0 Å². The lowest BCUT2D eigenvalue weighted by atomic mass is 9.77. The van der Waals surface area contributed by atoms with E-state index in [1.54, 1.807) is 0 Å². The Kier molecular flexibility index (Phi) is 10.5. The number of nitrogens with zero attached hydrogens (tertiary/aromatic N) is 8. The number of hydrogen-bond donors (Lipinski definition) is 0. The van der Waals surface area contributed by atoms with Crippen molar-refractivity contribution in [3.63, 3.8) is 0 Å². The van der Waals surface area contributed by atoms with Gasteiger partial charge in [-0.2, -0.15) is 15.0 Å². The zero-order chi connectivity index (χ0) is 31.0. The summed E-state index contributed by atoms with van der Waals surface area (Å²) in [4.78, 5) is 26.7. The van der Waals surface area contributed by atoms with Crippen LogP contribution >= 0.6 is 0 Å². The summed E-state index contributed by atoms with van der Waals surface area (Å²) in [6, 6.07) is 1.05. The second-order valence-electron chi connectivity index (χ2n) is 16.0. The standard InChI is InChI=1S/C33H64N8/c1-25-34-28(37(10)11)36-29(35-25)41(27-23-32(6,7)40(14)33(8,9)24-27)20-18-16-15-17-19-38(12)26-21-30(2,3)39(13)31(4,5)22-26/h26-27H,15-24H2,1-14H3. The van der Waals surface area contributed by atoms with E-state index in [4.69, 9.17) is 9.97 Å². The Morgan fingerprint density at radius 2 is 1.02 bits per heavy atom. The van der Waals surface area contributed by atoms with Crippen LogP contribution < -0.4 is 9.80 Å². The fourth-order valence-corrected chi connectivity index (χ4v) is 7.58. The predicted molar refractivity (Wildman–Crippen MR) is 175 cm³/mol. The Bertz CT molecular complexity index is 965. The van der Waals surface area contributed by atoms with Gasteiger partial charge in [-0.15, -0.1) is 0 Å². The van der Waals surface area contributed by atoms with Gasteiger partial charge in [0.2, 0.25) is 11.9 Å². The minimum absolute atomic E-state index is 0.110. The van der Waals surface area contributed by atoms with Gasteiger partial charge < -0.3 is 14.7 Å². The molecule has 236 valence electrons. The predicted octanol–water partition coefficient (Wildman–Crippen LogP) is 5.85. The van der Waals surface area contributed by atoms with Crippen LogP contribution in [0.4, 0.5) is 11.9 Å². The van der Waals surface area contributed by atoms with Gasteiger partial charge in [-0.25, -0.2) is 0 Å². The monoisotopic (exact) mass is 573 g/mol. The Hall–Kier alpha value is -1.51. The van der Waals surface area contributed by atoms with Gasteiger partial charge in [-0.3, -0.25) is 9.80 Å². The molecule has 0 N–H and O–H groups in total. The van der Waals surface area contributed by atoms with Crippen molar-refractivity contribution in [3.05, 3.63) is 5.82 Å². The molecule has 0 spiro atoms. The van der Waals surface area contributed by atoms with E-state index in [0.717, 1.165) is 43.5 Å². The summed E-state index contributed by atoms with van der Waals surface area (Å²) in [7, 11) is 10.9. The maximum atomic E-state index is 4.95. The molecule has 0 atom stereocenters. The first-order valence-electron chi connectivity index (χ1n) is 16.1. The van der Waals surface area contributed by atoms with E-state index in [9.17, 15) is 0 Å². The molecule has 0 aromatic carbocycles. The third-order valence-electron chi connectivity index (χ3n) is 10.7. The Balaban J connectivity index is 1.63. The fraction of sp³-hybridized carbons (Fsp3) is 0.909. The average Bonchev–Trinajstić information content (AvgIpc) is 2.83. The lowest BCUT2D eigenvalue weighted by Crippen LogP contribution is -2.63. The van der Waals surface area contributed by atoms with Gasteiger partial charge in [0.1, 0.15) is 5.82 Å². The molecule has 8 heteroatoms. The number of aromatic nitrogens is 3. The average molecular weight is 573 g/mol. The van der Waals surface area contributed by atoms with Gasteiger partial charge in [0.15, 0.2) is 0 Å². The van der Waals surface area contributed by atoms with E-state index in [1.165, 1.54) is 38.6 Å². The first-order chi connectivity index (χ1) is 18.8. The van der Waals surface area contributed by atoms with Crippen molar-refractivity contribution in [1.82, 2.24) is 29.7 Å². The van der Waals surface area contributed by atoms with Crippen molar-refractivity contribution in [2.24, 2.45) is 0 Å². The van der Waals surface area contributed by atoms with Crippen molar-refractivity contribution < 1.29 is 0 Å². The second-order valence-corrected chi connectivity index (χ2v) is 16.0. The minimum atomic E-state index is 0.110. The van der Waals surface area contributed by atoms with Gasteiger partial charge >= 0.3 is 0 Å². The number of hydrogen-bond acceptors (Lipinski definition) is 8.